The van der Waals surface area contributed by atoms with Crippen molar-refractivity contribution in [2.24, 2.45) is 15.9 Å². The number of rotatable bonds is 11. The van der Waals surface area contributed by atoms with E-state index in [1.807, 2.05) is 105 Å². The highest BCUT2D eigenvalue weighted by Gasteiger charge is 2.15. The van der Waals surface area contributed by atoms with Crippen molar-refractivity contribution < 1.29 is 0 Å². The maximum absolute atomic E-state index is 5.15. The van der Waals surface area contributed by atoms with Crippen LogP contribution in [-0.2, 0) is 0 Å². The highest BCUT2D eigenvalue weighted by Crippen LogP contribution is 2.34. The van der Waals surface area contributed by atoms with Crippen LogP contribution in [0.3, 0.4) is 0 Å². The fourth-order valence-electron chi connectivity index (χ4n) is 5.59. The third kappa shape index (κ3) is 8.43. The summed E-state index contributed by atoms with van der Waals surface area (Å²) in [6.45, 7) is 12.0. The standard InChI is InChI=1S/C45H36N6/c1-5-11-36(28-46-4)34-17-19-35(20-18-34)45-50-43(32(3)15-16-33(6-2)37-12-7-8-21-47-29-37)27-44(51-45)42-25-40(38-13-9-22-48-30-38)24-41(26-42)39-14-10-23-49-31-39/h5-6,8-11,13-31,37H,3-4H2,1-2H3/b11-5-,16-15-,33-6+,36-28+. The lowest BCUT2D eigenvalue weighted by Gasteiger charge is -2.13. The first-order valence-electron chi connectivity index (χ1n) is 16.5. The minimum atomic E-state index is -0.122. The molecular weight excluding hydrogens is 625 g/mol. The van der Waals surface area contributed by atoms with E-state index in [1.54, 1.807) is 30.9 Å². The summed E-state index contributed by atoms with van der Waals surface area (Å²) in [5.41, 5.74) is 11.0. The number of aliphatic imine (C=N–C) groups is 2. The van der Waals surface area contributed by atoms with Gasteiger partial charge in [-0.2, -0.15) is 0 Å². The van der Waals surface area contributed by atoms with Crippen molar-refractivity contribution in [2.75, 3.05) is 0 Å². The summed E-state index contributed by atoms with van der Waals surface area (Å²) >= 11 is 0. The summed E-state index contributed by atoms with van der Waals surface area (Å²) in [6, 6.07) is 24.6. The van der Waals surface area contributed by atoms with Crippen molar-refractivity contribution in [3.8, 4) is 56.7 Å². The Bertz CT molecular complexity index is 2240. The minimum absolute atomic E-state index is 0.122. The fraction of sp³-hybridized carbons (Fsp3) is 0.0667. The predicted octanol–water partition coefficient (Wildman–Crippen LogP) is 10.3. The van der Waals surface area contributed by atoms with Crippen molar-refractivity contribution in [1.29, 1.82) is 0 Å². The number of hydrogen-bond donors (Lipinski definition) is 0. The van der Waals surface area contributed by atoms with Gasteiger partial charge in [0.2, 0.25) is 0 Å². The molecule has 0 bridgehead atoms. The monoisotopic (exact) mass is 660 g/mol. The van der Waals surface area contributed by atoms with Crippen molar-refractivity contribution >= 4 is 24.1 Å². The first-order chi connectivity index (χ1) is 25.1. The zero-order chi connectivity index (χ0) is 35.4. The van der Waals surface area contributed by atoms with Crippen LogP contribution in [0, 0.1) is 17.8 Å². The lowest BCUT2D eigenvalue weighted by atomic mass is 9.95. The molecule has 0 spiro atoms. The molecule has 6 rings (SSSR count). The SMILES string of the molecule is C=N/C=C(\C=C/C)c1ccc(-c2nc(C(=C)/C=C\C(=C/C)C3C#CC=CN=C3)cc(-c3cc(-c4cccnc4)cc(-c4cccnc4)c3)n2)cc1. The molecule has 1 atom stereocenters. The number of nitrogens with zero attached hydrogens (tertiary/aromatic N) is 6. The van der Waals surface area contributed by atoms with Gasteiger partial charge in [-0.1, -0.05) is 85.2 Å². The summed E-state index contributed by atoms with van der Waals surface area (Å²) < 4.78 is 0. The van der Waals surface area contributed by atoms with Gasteiger partial charge in [0.05, 0.1) is 17.3 Å². The number of hydrogen-bond acceptors (Lipinski definition) is 6. The van der Waals surface area contributed by atoms with E-state index >= 15 is 0 Å². The van der Waals surface area contributed by atoms with Crippen LogP contribution in [-0.4, -0.2) is 32.9 Å². The van der Waals surface area contributed by atoms with Crippen LogP contribution in [0.2, 0.25) is 0 Å². The second-order valence-corrected chi connectivity index (χ2v) is 11.6. The molecule has 2 aromatic carbocycles. The van der Waals surface area contributed by atoms with Crippen molar-refractivity contribution in [3.05, 3.63) is 170 Å². The maximum atomic E-state index is 5.15. The second kappa shape index (κ2) is 16.5. The van der Waals surface area contributed by atoms with Gasteiger partial charge in [-0.15, -0.1) is 0 Å². The molecule has 0 saturated heterocycles. The van der Waals surface area contributed by atoms with Gasteiger partial charge in [0.1, 0.15) is 0 Å². The Labute approximate surface area is 299 Å². The van der Waals surface area contributed by atoms with E-state index in [1.165, 1.54) is 0 Å². The van der Waals surface area contributed by atoms with Crippen LogP contribution in [0.15, 0.2) is 169 Å². The van der Waals surface area contributed by atoms with Gasteiger partial charge in [-0.3, -0.25) is 20.0 Å². The summed E-state index contributed by atoms with van der Waals surface area (Å²) in [5.74, 6) is 6.74. The van der Waals surface area contributed by atoms with Gasteiger partial charge >= 0.3 is 0 Å². The Balaban J connectivity index is 1.48. The molecule has 246 valence electrons. The molecule has 1 aliphatic rings. The molecule has 3 aromatic heterocycles. The van der Waals surface area contributed by atoms with Gasteiger partial charge in [0.15, 0.2) is 5.82 Å². The first kappa shape index (κ1) is 34.0. The summed E-state index contributed by atoms with van der Waals surface area (Å²) in [5, 5.41) is 0. The molecular formula is C45H36N6. The zero-order valence-corrected chi connectivity index (χ0v) is 28.6. The summed E-state index contributed by atoms with van der Waals surface area (Å²) in [7, 11) is 0. The van der Waals surface area contributed by atoms with Gasteiger partial charge < -0.3 is 0 Å². The summed E-state index contributed by atoms with van der Waals surface area (Å²) in [6.07, 6.45) is 24.4. The molecule has 1 aliphatic heterocycles. The number of aromatic nitrogens is 4. The lowest BCUT2D eigenvalue weighted by molar-refractivity contribution is 1.13. The Kier molecular flexibility index (Phi) is 11.0. The molecule has 0 N–H and O–H groups in total. The lowest BCUT2D eigenvalue weighted by Crippen LogP contribution is -2.01. The van der Waals surface area contributed by atoms with E-state index in [4.69, 9.17) is 9.97 Å². The van der Waals surface area contributed by atoms with Gasteiger partial charge in [-0.05, 0) is 90.4 Å². The van der Waals surface area contributed by atoms with E-state index in [2.05, 4.69) is 75.4 Å². The third-order valence-electron chi connectivity index (χ3n) is 8.21. The van der Waals surface area contributed by atoms with Gasteiger partial charge in [0.25, 0.3) is 0 Å². The van der Waals surface area contributed by atoms with Crippen LogP contribution < -0.4 is 0 Å². The Morgan fingerprint density at radius 1 is 0.784 bits per heavy atom. The third-order valence-corrected chi connectivity index (χ3v) is 8.21. The van der Waals surface area contributed by atoms with Crippen LogP contribution >= 0.6 is 0 Å². The molecule has 0 amide bonds. The molecule has 0 aliphatic carbocycles. The van der Waals surface area contributed by atoms with Gasteiger partial charge in [0, 0.05) is 71.7 Å². The number of benzene rings is 2. The molecule has 0 saturated carbocycles. The first-order valence-corrected chi connectivity index (χ1v) is 16.5. The highest BCUT2D eigenvalue weighted by molar-refractivity contribution is 5.83. The van der Waals surface area contributed by atoms with E-state index in [9.17, 15) is 0 Å². The Morgan fingerprint density at radius 2 is 1.49 bits per heavy atom. The Morgan fingerprint density at radius 3 is 2.12 bits per heavy atom. The fourth-order valence-corrected chi connectivity index (χ4v) is 5.59. The molecule has 0 radical (unpaired) electrons. The molecule has 51 heavy (non-hydrogen) atoms. The van der Waals surface area contributed by atoms with E-state index < -0.39 is 0 Å². The Hall–Kier alpha value is -6.84. The molecule has 6 heteroatoms. The number of allylic oxidation sites excluding steroid dienone is 9. The van der Waals surface area contributed by atoms with Gasteiger partial charge in [-0.25, -0.2) is 9.97 Å². The summed E-state index contributed by atoms with van der Waals surface area (Å²) in [4.78, 5) is 27.3. The number of pyridine rings is 2. The molecule has 6 nitrogen and oxygen atoms in total. The highest BCUT2D eigenvalue weighted by atomic mass is 14.9. The van der Waals surface area contributed by atoms with Crippen molar-refractivity contribution in [3.63, 3.8) is 0 Å². The smallest absolute Gasteiger partial charge is 0.160 e. The van der Waals surface area contributed by atoms with Crippen LogP contribution in [0.4, 0.5) is 0 Å². The minimum Gasteiger partial charge on any atom is -0.272 e. The van der Waals surface area contributed by atoms with E-state index in [0.29, 0.717) is 11.5 Å². The second-order valence-electron chi connectivity index (χ2n) is 11.6. The van der Waals surface area contributed by atoms with Crippen molar-refractivity contribution in [1.82, 2.24) is 19.9 Å². The zero-order valence-electron chi connectivity index (χ0n) is 28.6. The normalized spacial score (nSPS) is 14.4. The molecule has 0 fully saturated rings. The van der Waals surface area contributed by atoms with Crippen LogP contribution in [0.5, 0.6) is 0 Å². The van der Waals surface area contributed by atoms with Crippen LogP contribution in [0.25, 0.3) is 56.0 Å². The maximum Gasteiger partial charge on any atom is 0.160 e. The average Bonchev–Trinajstić information content (AvgIpc) is 3.48. The largest absolute Gasteiger partial charge is 0.272 e. The predicted molar refractivity (Wildman–Crippen MR) is 213 cm³/mol. The molecule has 1 unspecified atom stereocenters. The quantitative estimate of drug-likeness (QED) is 0.0803. The molecule has 5 aromatic rings. The average molecular weight is 661 g/mol. The van der Waals surface area contributed by atoms with E-state index in [-0.39, 0.29) is 5.92 Å². The van der Waals surface area contributed by atoms with Crippen LogP contribution in [0.1, 0.15) is 25.1 Å². The molecule has 4 heterocycles. The van der Waals surface area contributed by atoms with E-state index in [0.717, 1.165) is 61.4 Å². The topological polar surface area (TPSA) is 76.3 Å². The van der Waals surface area contributed by atoms with Crippen molar-refractivity contribution in [2.45, 2.75) is 13.8 Å².